The normalized spacial score (nSPS) is 11.7. The highest BCUT2D eigenvalue weighted by Crippen LogP contribution is 2.13. The van der Waals surface area contributed by atoms with Crippen molar-refractivity contribution < 1.29 is 13.2 Å². The Morgan fingerprint density at radius 3 is 2.24 bits per heavy atom. The van der Waals surface area contributed by atoms with Crippen LogP contribution in [0.4, 0.5) is 0 Å². The number of amides is 1. The first-order chi connectivity index (χ1) is 11.8. The number of aromatic nitrogens is 1. The first-order valence-corrected chi connectivity index (χ1v) is 10.2. The molecule has 142 valence electrons. The van der Waals surface area contributed by atoms with Crippen molar-refractivity contribution in [1.82, 2.24) is 13.8 Å². The molecular formula is C17H29N3O4S. The van der Waals surface area contributed by atoms with Gasteiger partial charge in [0.1, 0.15) is 6.54 Å². The van der Waals surface area contributed by atoms with Gasteiger partial charge in [0.15, 0.2) is 0 Å². The quantitative estimate of drug-likeness (QED) is 0.625. The van der Waals surface area contributed by atoms with Crippen molar-refractivity contribution in [3.05, 3.63) is 28.7 Å². The maximum Gasteiger partial charge on any atom is 0.251 e. The Bertz CT molecular complexity index is 724. The van der Waals surface area contributed by atoms with Crippen LogP contribution in [-0.2, 0) is 21.4 Å². The minimum atomic E-state index is -3.67. The van der Waals surface area contributed by atoms with Gasteiger partial charge in [-0.25, -0.2) is 8.42 Å². The zero-order valence-electron chi connectivity index (χ0n) is 15.6. The minimum absolute atomic E-state index is 0.0280. The number of carbonyl (C=O) groups is 1. The van der Waals surface area contributed by atoms with Crippen molar-refractivity contribution >= 4 is 15.9 Å². The molecule has 0 unspecified atom stereocenters. The molecule has 1 amide bonds. The van der Waals surface area contributed by atoms with E-state index in [4.69, 9.17) is 0 Å². The summed E-state index contributed by atoms with van der Waals surface area (Å²) in [5.74, 6) is -0.185. The van der Waals surface area contributed by atoms with Gasteiger partial charge in [-0.05, 0) is 19.4 Å². The Morgan fingerprint density at radius 2 is 1.72 bits per heavy atom. The molecule has 0 aliphatic heterocycles. The lowest BCUT2D eigenvalue weighted by molar-refractivity contribution is -0.131. The van der Waals surface area contributed by atoms with Gasteiger partial charge >= 0.3 is 0 Å². The lowest BCUT2D eigenvalue weighted by Gasteiger charge is -2.22. The van der Waals surface area contributed by atoms with E-state index in [0.29, 0.717) is 26.2 Å². The van der Waals surface area contributed by atoms with E-state index in [1.165, 1.54) is 27.2 Å². The fourth-order valence-corrected chi connectivity index (χ4v) is 4.03. The Morgan fingerprint density at radius 1 is 1.08 bits per heavy atom. The van der Waals surface area contributed by atoms with Crippen LogP contribution in [0.3, 0.4) is 0 Å². The summed E-state index contributed by atoms with van der Waals surface area (Å²) in [6.45, 7) is 9.18. The Kier molecular flexibility index (Phi) is 8.31. The predicted octanol–water partition coefficient (Wildman–Crippen LogP) is 1.53. The van der Waals surface area contributed by atoms with Crippen molar-refractivity contribution in [2.45, 2.75) is 52.0 Å². The molecule has 0 aliphatic carbocycles. The van der Waals surface area contributed by atoms with E-state index in [0.717, 1.165) is 12.8 Å². The van der Waals surface area contributed by atoms with Crippen molar-refractivity contribution in [3.63, 3.8) is 0 Å². The van der Waals surface area contributed by atoms with Crippen LogP contribution in [0.2, 0.25) is 0 Å². The van der Waals surface area contributed by atoms with Gasteiger partial charge in [-0.15, -0.1) is 0 Å². The smallest absolute Gasteiger partial charge is 0.251 e. The number of hydrogen-bond acceptors (Lipinski definition) is 4. The molecule has 8 heteroatoms. The molecule has 1 heterocycles. The standard InChI is InChI=1S/C17H29N3O4S/c1-5-9-12-18(6-2)17(22)14-19-13-15(10-11-16(19)21)25(23,24)20(7-3)8-4/h10-11,13H,5-9,12,14H2,1-4H3. The van der Waals surface area contributed by atoms with Gasteiger partial charge in [-0.1, -0.05) is 27.2 Å². The summed E-state index contributed by atoms with van der Waals surface area (Å²) in [6.07, 6.45) is 3.13. The maximum absolute atomic E-state index is 12.6. The molecule has 0 atom stereocenters. The van der Waals surface area contributed by atoms with Crippen LogP contribution in [-0.4, -0.2) is 54.3 Å². The second kappa shape index (κ2) is 9.72. The third-order valence-corrected chi connectivity index (χ3v) is 6.15. The first-order valence-electron chi connectivity index (χ1n) is 8.80. The number of rotatable bonds is 10. The zero-order chi connectivity index (χ0) is 19.0. The van der Waals surface area contributed by atoms with Gasteiger partial charge in [-0.2, -0.15) is 4.31 Å². The summed E-state index contributed by atoms with van der Waals surface area (Å²) < 4.78 is 27.7. The molecule has 1 rings (SSSR count). The third kappa shape index (κ3) is 5.40. The highest BCUT2D eigenvalue weighted by Gasteiger charge is 2.23. The second-order valence-electron chi connectivity index (χ2n) is 5.75. The van der Waals surface area contributed by atoms with Crippen molar-refractivity contribution in [3.8, 4) is 0 Å². The Balaban J connectivity index is 3.10. The summed E-state index contributed by atoms with van der Waals surface area (Å²) in [5.41, 5.74) is -0.390. The molecule has 0 bridgehead atoms. The number of nitrogens with zero attached hydrogens (tertiary/aromatic N) is 3. The zero-order valence-corrected chi connectivity index (χ0v) is 16.4. The topological polar surface area (TPSA) is 79.7 Å². The molecule has 1 aromatic rings. The minimum Gasteiger partial charge on any atom is -0.341 e. The molecule has 0 saturated heterocycles. The molecule has 0 aromatic carbocycles. The van der Waals surface area contributed by atoms with E-state index in [-0.39, 0.29) is 17.3 Å². The van der Waals surface area contributed by atoms with Gasteiger partial charge in [0.2, 0.25) is 15.9 Å². The Labute approximate surface area is 150 Å². The fraction of sp³-hybridized carbons (Fsp3) is 0.647. The SMILES string of the molecule is CCCCN(CC)C(=O)Cn1cc(S(=O)(=O)N(CC)CC)ccc1=O. The van der Waals surface area contributed by atoms with E-state index in [1.54, 1.807) is 18.7 Å². The monoisotopic (exact) mass is 371 g/mol. The van der Waals surface area contributed by atoms with E-state index in [2.05, 4.69) is 0 Å². The first kappa shape index (κ1) is 21.4. The molecule has 0 N–H and O–H groups in total. The van der Waals surface area contributed by atoms with E-state index in [9.17, 15) is 18.0 Å². The van der Waals surface area contributed by atoms with E-state index < -0.39 is 15.6 Å². The molecule has 0 saturated carbocycles. The Hall–Kier alpha value is -1.67. The number of pyridine rings is 1. The lowest BCUT2D eigenvalue weighted by atomic mass is 10.3. The van der Waals surface area contributed by atoms with Crippen LogP contribution in [0.1, 0.15) is 40.5 Å². The van der Waals surface area contributed by atoms with Crippen molar-refractivity contribution in [2.24, 2.45) is 0 Å². The number of unbranched alkanes of at least 4 members (excludes halogenated alkanes) is 1. The largest absolute Gasteiger partial charge is 0.341 e. The van der Waals surface area contributed by atoms with Crippen LogP contribution >= 0.6 is 0 Å². The average molecular weight is 372 g/mol. The van der Waals surface area contributed by atoms with Crippen LogP contribution in [0.15, 0.2) is 28.0 Å². The number of likely N-dealkylation sites (N-methyl/N-ethyl adjacent to an activating group) is 1. The van der Waals surface area contributed by atoms with Gasteiger partial charge in [0.25, 0.3) is 5.56 Å². The fourth-order valence-electron chi connectivity index (χ4n) is 2.55. The average Bonchev–Trinajstić information content (AvgIpc) is 2.58. The molecule has 7 nitrogen and oxygen atoms in total. The van der Waals surface area contributed by atoms with Crippen LogP contribution < -0.4 is 5.56 Å². The van der Waals surface area contributed by atoms with Crippen molar-refractivity contribution in [1.29, 1.82) is 0 Å². The number of hydrogen-bond donors (Lipinski definition) is 0. The van der Waals surface area contributed by atoms with Crippen LogP contribution in [0.5, 0.6) is 0 Å². The molecule has 0 fully saturated rings. The van der Waals surface area contributed by atoms with E-state index in [1.807, 2.05) is 13.8 Å². The third-order valence-electron chi connectivity index (χ3n) is 4.12. The van der Waals surface area contributed by atoms with Gasteiger partial charge < -0.3 is 9.47 Å². The van der Waals surface area contributed by atoms with E-state index >= 15 is 0 Å². The number of sulfonamides is 1. The lowest BCUT2D eigenvalue weighted by Crippen LogP contribution is -2.37. The second-order valence-corrected chi connectivity index (χ2v) is 7.69. The summed E-state index contributed by atoms with van der Waals surface area (Å²) in [4.78, 5) is 26.2. The molecule has 25 heavy (non-hydrogen) atoms. The van der Waals surface area contributed by atoms with Crippen LogP contribution in [0.25, 0.3) is 0 Å². The van der Waals surface area contributed by atoms with Crippen molar-refractivity contribution in [2.75, 3.05) is 26.2 Å². The summed E-state index contributed by atoms with van der Waals surface area (Å²) in [6, 6.07) is 2.50. The summed E-state index contributed by atoms with van der Waals surface area (Å²) in [7, 11) is -3.67. The molecule has 0 spiro atoms. The molecule has 0 aliphatic rings. The predicted molar refractivity (Wildman–Crippen MR) is 98.0 cm³/mol. The highest BCUT2D eigenvalue weighted by atomic mass is 32.2. The molecule has 1 aromatic heterocycles. The van der Waals surface area contributed by atoms with Gasteiger partial charge in [0.05, 0.1) is 4.90 Å². The van der Waals surface area contributed by atoms with Crippen LogP contribution in [0, 0.1) is 0 Å². The molecule has 0 radical (unpaired) electrons. The number of carbonyl (C=O) groups excluding carboxylic acids is 1. The maximum atomic E-state index is 12.6. The summed E-state index contributed by atoms with van der Waals surface area (Å²) >= 11 is 0. The molecular weight excluding hydrogens is 342 g/mol. The summed E-state index contributed by atoms with van der Waals surface area (Å²) in [5, 5.41) is 0. The van der Waals surface area contributed by atoms with Gasteiger partial charge in [0, 0.05) is 38.4 Å². The van der Waals surface area contributed by atoms with Gasteiger partial charge in [-0.3, -0.25) is 9.59 Å². The highest BCUT2D eigenvalue weighted by molar-refractivity contribution is 7.89.